The summed E-state index contributed by atoms with van der Waals surface area (Å²) in [6, 6.07) is 0.288. The molecule has 1 aromatic heterocycles. The van der Waals surface area contributed by atoms with Crippen molar-refractivity contribution in [3.05, 3.63) is 16.6 Å². The molecular formula is C11H20N2OS. The maximum Gasteiger partial charge on any atom is 0.0795 e. The van der Waals surface area contributed by atoms with Gasteiger partial charge in [0.05, 0.1) is 16.8 Å². The maximum atomic E-state index is 5.62. The summed E-state index contributed by atoms with van der Waals surface area (Å²) in [4.78, 5) is 4.28. The van der Waals surface area contributed by atoms with Crippen LogP contribution in [0.4, 0.5) is 0 Å². The molecule has 86 valence electrons. The van der Waals surface area contributed by atoms with Gasteiger partial charge in [-0.2, -0.15) is 0 Å². The van der Waals surface area contributed by atoms with Gasteiger partial charge in [-0.05, 0) is 27.7 Å². The van der Waals surface area contributed by atoms with Crippen LogP contribution >= 0.6 is 11.3 Å². The number of ether oxygens (including phenoxy) is 1. The Balaban J connectivity index is 2.37. The fraction of sp³-hybridized carbons (Fsp3) is 0.727. The lowest BCUT2D eigenvalue weighted by Gasteiger charge is -2.26. The number of thiazole rings is 1. The maximum absolute atomic E-state index is 5.62. The average Bonchev–Trinajstić information content (AvgIpc) is 2.67. The van der Waals surface area contributed by atoms with Gasteiger partial charge in [0.25, 0.3) is 0 Å². The molecule has 1 rings (SSSR count). The first-order chi connectivity index (χ1) is 7.05. The van der Waals surface area contributed by atoms with Crippen molar-refractivity contribution in [3.8, 4) is 0 Å². The topological polar surface area (TPSA) is 34.1 Å². The second-order valence-corrected chi connectivity index (χ2v) is 4.93. The standard InChI is InChI=1S/C11H20N2OS/c1-5-14-11(3,4)7-12-9(2)10-6-15-8-13-10/h6,8-9,12H,5,7H2,1-4H3. The van der Waals surface area contributed by atoms with Crippen molar-refractivity contribution >= 4 is 11.3 Å². The Morgan fingerprint density at radius 3 is 2.87 bits per heavy atom. The van der Waals surface area contributed by atoms with Gasteiger partial charge >= 0.3 is 0 Å². The van der Waals surface area contributed by atoms with Crippen LogP contribution in [0.3, 0.4) is 0 Å². The van der Waals surface area contributed by atoms with Crippen LogP contribution in [0.5, 0.6) is 0 Å². The normalized spacial score (nSPS) is 14.1. The van der Waals surface area contributed by atoms with Gasteiger partial charge in [0, 0.05) is 24.6 Å². The van der Waals surface area contributed by atoms with E-state index in [9.17, 15) is 0 Å². The summed E-state index contributed by atoms with van der Waals surface area (Å²) < 4.78 is 5.62. The number of hydrogen-bond acceptors (Lipinski definition) is 4. The van der Waals surface area contributed by atoms with E-state index in [2.05, 4.69) is 36.5 Å². The van der Waals surface area contributed by atoms with E-state index in [1.165, 1.54) is 0 Å². The molecule has 1 aromatic rings. The van der Waals surface area contributed by atoms with Crippen LogP contribution in [0.1, 0.15) is 39.4 Å². The molecule has 0 bridgehead atoms. The van der Waals surface area contributed by atoms with Crippen molar-refractivity contribution in [1.29, 1.82) is 0 Å². The Morgan fingerprint density at radius 1 is 1.60 bits per heavy atom. The van der Waals surface area contributed by atoms with Crippen LogP contribution in [-0.4, -0.2) is 23.7 Å². The first-order valence-electron chi connectivity index (χ1n) is 5.30. The van der Waals surface area contributed by atoms with E-state index in [1.54, 1.807) is 11.3 Å². The summed E-state index contributed by atoms with van der Waals surface area (Å²) in [5.74, 6) is 0. The molecule has 0 radical (unpaired) electrons. The zero-order valence-electron chi connectivity index (χ0n) is 9.91. The van der Waals surface area contributed by atoms with E-state index in [0.717, 1.165) is 18.8 Å². The van der Waals surface area contributed by atoms with Gasteiger partial charge in [0.2, 0.25) is 0 Å². The van der Waals surface area contributed by atoms with Crippen LogP contribution in [0.25, 0.3) is 0 Å². The van der Waals surface area contributed by atoms with Crippen molar-refractivity contribution in [2.45, 2.75) is 39.3 Å². The fourth-order valence-corrected chi connectivity index (χ4v) is 2.03. The molecule has 4 heteroatoms. The van der Waals surface area contributed by atoms with Crippen molar-refractivity contribution in [1.82, 2.24) is 10.3 Å². The lowest BCUT2D eigenvalue weighted by molar-refractivity contribution is -0.0103. The molecule has 1 atom stereocenters. The minimum atomic E-state index is -0.112. The minimum absolute atomic E-state index is 0.112. The molecule has 0 spiro atoms. The Labute approximate surface area is 95.9 Å². The molecule has 0 aliphatic rings. The lowest BCUT2D eigenvalue weighted by atomic mass is 10.1. The molecule has 0 aliphatic heterocycles. The third-order valence-electron chi connectivity index (χ3n) is 2.26. The largest absolute Gasteiger partial charge is 0.375 e. The predicted molar refractivity (Wildman–Crippen MR) is 64.2 cm³/mol. The predicted octanol–water partition coefficient (Wildman–Crippen LogP) is 2.61. The van der Waals surface area contributed by atoms with E-state index in [4.69, 9.17) is 4.74 Å². The summed E-state index contributed by atoms with van der Waals surface area (Å²) in [6.07, 6.45) is 0. The monoisotopic (exact) mass is 228 g/mol. The van der Waals surface area contributed by atoms with E-state index >= 15 is 0 Å². The molecule has 15 heavy (non-hydrogen) atoms. The first-order valence-corrected chi connectivity index (χ1v) is 6.25. The van der Waals surface area contributed by atoms with Gasteiger partial charge in [-0.1, -0.05) is 0 Å². The Morgan fingerprint density at radius 2 is 2.33 bits per heavy atom. The van der Waals surface area contributed by atoms with E-state index in [0.29, 0.717) is 0 Å². The zero-order chi connectivity index (χ0) is 11.3. The van der Waals surface area contributed by atoms with Crippen molar-refractivity contribution in [2.75, 3.05) is 13.2 Å². The molecular weight excluding hydrogens is 208 g/mol. The number of nitrogens with one attached hydrogen (secondary N) is 1. The molecule has 1 N–H and O–H groups in total. The summed E-state index contributed by atoms with van der Waals surface area (Å²) >= 11 is 1.63. The number of aromatic nitrogens is 1. The second-order valence-electron chi connectivity index (χ2n) is 4.21. The second kappa shape index (κ2) is 5.58. The molecule has 0 fully saturated rings. The smallest absolute Gasteiger partial charge is 0.0795 e. The Kier molecular flexibility index (Phi) is 4.70. The molecule has 1 unspecified atom stereocenters. The summed E-state index contributed by atoms with van der Waals surface area (Å²) in [6.45, 7) is 9.91. The average molecular weight is 228 g/mol. The number of hydrogen-bond donors (Lipinski definition) is 1. The van der Waals surface area contributed by atoms with Crippen LogP contribution in [-0.2, 0) is 4.74 Å². The summed E-state index contributed by atoms with van der Waals surface area (Å²) in [5.41, 5.74) is 2.85. The quantitative estimate of drug-likeness (QED) is 0.812. The molecule has 0 saturated carbocycles. The van der Waals surface area contributed by atoms with Gasteiger partial charge < -0.3 is 10.1 Å². The SMILES string of the molecule is CCOC(C)(C)CNC(C)c1cscn1. The molecule has 1 heterocycles. The number of rotatable bonds is 6. The molecule has 0 amide bonds. The Bertz CT molecular complexity index is 272. The van der Waals surface area contributed by atoms with E-state index in [1.807, 2.05) is 12.4 Å². The summed E-state index contributed by atoms with van der Waals surface area (Å²) in [5, 5.41) is 5.50. The van der Waals surface area contributed by atoms with Crippen molar-refractivity contribution in [3.63, 3.8) is 0 Å². The van der Waals surface area contributed by atoms with Gasteiger partial charge in [0.15, 0.2) is 0 Å². The molecule has 0 aliphatic carbocycles. The van der Waals surface area contributed by atoms with E-state index < -0.39 is 0 Å². The third-order valence-corrected chi connectivity index (χ3v) is 2.87. The third kappa shape index (κ3) is 4.28. The highest BCUT2D eigenvalue weighted by atomic mass is 32.1. The molecule has 3 nitrogen and oxygen atoms in total. The van der Waals surface area contributed by atoms with E-state index in [-0.39, 0.29) is 11.6 Å². The highest BCUT2D eigenvalue weighted by Gasteiger charge is 2.18. The highest BCUT2D eigenvalue weighted by Crippen LogP contribution is 2.14. The van der Waals surface area contributed by atoms with Crippen LogP contribution < -0.4 is 5.32 Å². The van der Waals surface area contributed by atoms with Crippen LogP contribution in [0, 0.1) is 0 Å². The molecule has 0 aromatic carbocycles. The van der Waals surface area contributed by atoms with Gasteiger partial charge in [0.1, 0.15) is 0 Å². The summed E-state index contributed by atoms with van der Waals surface area (Å²) in [7, 11) is 0. The molecule has 0 saturated heterocycles. The van der Waals surface area contributed by atoms with Crippen molar-refractivity contribution in [2.24, 2.45) is 0 Å². The zero-order valence-corrected chi connectivity index (χ0v) is 10.7. The van der Waals surface area contributed by atoms with Gasteiger partial charge in [-0.3, -0.25) is 0 Å². The fourth-order valence-electron chi connectivity index (χ4n) is 1.38. The van der Waals surface area contributed by atoms with Crippen LogP contribution in [0.2, 0.25) is 0 Å². The number of nitrogens with zero attached hydrogens (tertiary/aromatic N) is 1. The van der Waals surface area contributed by atoms with Crippen LogP contribution in [0.15, 0.2) is 10.9 Å². The first kappa shape index (κ1) is 12.6. The minimum Gasteiger partial charge on any atom is -0.375 e. The van der Waals surface area contributed by atoms with Gasteiger partial charge in [-0.15, -0.1) is 11.3 Å². The van der Waals surface area contributed by atoms with Crippen molar-refractivity contribution < 1.29 is 4.74 Å². The highest BCUT2D eigenvalue weighted by molar-refractivity contribution is 7.07. The lowest BCUT2D eigenvalue weighted by Crippen LogP contribution is -2.38. The van der Waals surface area contributed by atoms with Gasteiger partial charge in [-0.25, -0.2) is 4.98 Å². The Hall–Kier alpha value is -0.450.